The molecule has 0 radical (unpaired) electrons. The predicted molar refractivity (Wildman–Crippen MR) is 81.2 cm³/mol. The van der Waals surface area contributed by atoms with Gasteiger partial charge in [0.05, 0.1) is 0 Å². The van der Waals surface area contributed by atoms with Gasteiger partial charge in [-0.2, -0.15) is 0 Å². The van der Waals surface area contributed by atoms with Crippen LogP contribution in [-0.4, -0.2) is 16.5 Å². The molecule has 0 saturated heterocycles. The van der Waals surface area contributed by atoms with Crippen molar-refractivity contribution in [1.29, 1.82) is 0 Å². The Morgan fingerprint density at radius 1 is 1.10 bits per heavy atom. The largest absolute Gasteiger partial charge is 0.310 e. The third kappa shape index (κ3) is 3.03. The summed E-state index contributed by atoms with van der Waals surface area (Å²) in [4.78, 5) is 8.43. The number of nitrogens with one attached hydrogen (secondary N) is 1. The molecular weight excluding hydrogens is 246 g/mol. The van der Waals surface area contributed by atoms with Crippen LogP contribution in [0.25, 0.3) is 0 Å². The van der Waals surface area contributed by atoms with Gasteiger partial charge in [0.1, 0.15) is 6.33 Å². The van der Waals surface area contributed by atoms with Crippen molar-refractivity contribution in [3.05, 3.63) is 24.3 Å². The lowest BCUT2D eigenvalue weighted by atomic mass is 9.65. The van der Waals surface area contributed by atoms with E-state index in [2.05, 4.69) is 22.2 Å². The first kappa shape index (κ1) is 14.0. The van der Waals surface area contributed by atoms with Crippen LogP contribution in [0.4, 0.5) is 0 Å². The van der Waals surface area contributed by atoms with Gasteiger partial charge < -0.3 is 5.32 Å². The Morgan fingerprint density at radius 2 is 1.85 bits per heavy atom. The number of fused-ring (bicyclic) bond motifs is 1. The lowest BCUT2D eigenvalue weighted by Gasteiger charge is -2.42. The molecule has 0 aromatic carbocycles. The van der Waals surface area contributed by atoms with E-state index in [-0.39, 0.29) is 0 Å². The topological polar surface area (TPSA) is 37.8 Å². The third-order valence-corrected chi connectivity index (χ3v) is 5.42. The highest BCUT2D eigenvalue weighted by Crippen LogP contribution is 2.45. The highest BCUT2D eigenvalue weighted by Gasteiger charge is 2.35. The smallest absolute Gasteiger partial charge is 0.115 e. The Kier molecular flexibility index (Phi) is 4.66. The molecule has 2 saturated carbocycles. The minimum Gasteiger partial charge on any atom is -0.310 e. The van der Waals surface area contributed by atoms with E-state index in [9.17, 15) is 0 Å². The predicted octanol–water partition coefficient (Wildman–Crippen LogP) is 3.73. The molecule has 4 atom stereocenters. The van der Waals surface area contributed by atoms with Crippen molar-refractivity contribution < 1.29 is 0 Å². The number of nitrogens with zero attached hydrogens (tertiary/aromatic N) is 2. The molecule has 0 amide bonds. The van der Waals surface area contributed by atoms with Crippen LogP contribution in [0.15, 0.2) is 18.7 Å². The molecule has 1 aromatic rings. The molecule has 110 valence electrons. The first-order chi connectivity index (χ1) is 9.88. The van der Waals surface area contributed by atoms with Crippen LogP contribution < -0.4 is 5.32 Å². The molecule has 2 aliphatic rings. The van der Waals surface area contributed by atoms with Crippen LogP contribution >= 0.6 is 0 Å². The second-order valence-electron chi connectivity index (χ2n) is 6.58. The minimum atomic E-state index is 0.448. The lowest BCUT2D eigenvalue weighted by molar-refractivity contribution is 0.109. The molecule has 0 aliphatic heterocycles. The van der Waals surface area contributed by atoms with Crippen molar-refractivity contribution in [2.75, 3.05) is 6.54 Å². The zero-order chi connectivity index (χ0) is 13.8. The Morgan fingerprint density at radius 3 is 2.60 bits per heavy atom. The van der Waals surface area contributed by atoms with Gasteiger partial charge in [0.2, 0.25) is 0 Å². The first-order valence-corrected chi connectivity index (χ1v) is 8.36. The van der Waals surface area contributed by atoms with Crippen molar-refractivity contribution in [3.8, 4) is 0 Å². The third-order valence-electron chi connectivity index (χ3n) is 5.42. The van der Waals surface area contributed by atoms with Crippen LogP contribution in [0, 0.1) is 17.8 Å². The normalized spacial score (nSPS) is 31.6. The number of rotatable bonds is 4. The van der Waals surface area contributed by atoms with Gasteiger partial charge in [0, 0.05) is 24.0 Å². The molecule has 20 heavy (non-hydrogen) atoms. The number of hydrogen-bond donors (Lipinski definition) is 1. The highest BCUT2D eigenvalue weighted by molar-refractivity contribution is 5.11. The first-order valence-electron chi connectivity index (χ1n) is 8.36. The summed E-state index contributed by atoms with van der Waals surface area (Å²) in [5.41, 5.74) is 1.27. The van der Waals surface area contributed by atoms with Gasteiger partial charge in [-0.15, -0.1) is 0 Å². The summed E-state index contributed by atoms with van der Waals surface area (Å²) in [6.45, 7) is 3.22. The van der Waals surface area contributed by atoms with Crippen molar-refractivity contribution in [2.45, 2.75) is 57.9 Å². The molecule has 1 N–H and O–H groups in total. The van der Waals surface area contributed by atoms with E-state index >= 15 is 0 Å². The summed E-state index contributed by atoms with van der Waals surface area (Å²) in [5.74, 6) is 2.77. The lowest BCUT2D eigenvalue weighted by Crippen LogP contribution is -2.35. The molecule has 1 heterocycles. The van der Waals surface area contributed by atoms with Crippen LogP contribution in [0.2, 0.25) is 0 Å². The maximum absolute atomic E-state index is 4.21. The summed E-state index contributed by atoms with van der Waals surface area (Å²) < 4.78 is 0. The van der Waals surface area contributed by atoms with Gasteiger partial charge in [0.25, 0.3) is 0 Å². The fraction of sp³-hybridized carbons (Fsp3) is 0.765. The molecule has 3 rings (SSSR count). The summed E-state index contributed by atoms with van der Waals surface area (Å²) in [6, 6.07) is 0.448. The Bertz CT molecular complexity index is 406. The van der Waals surface area contributed by atoms with Gasteiger partial charge in [-0.3, -0.25) is 0 Å². The van der Waals surface area contributed by atoms with Crippen LogP contribution in [0.5, 0.6) is 0 Å². The van der Waals surface area contributed by atoms with Gasteiger partial charge in [0.15, 0.2) is 0 Å². The second-order valence-corrected chi connectivity index (χ2v) is 6.58. The fourth-order valence-corrected chi connectivity index (χ4v) is 4.46. The molecule has 2 fully saturated rings. The van der Waals surface area contributed by atoms with Crippen LogP contribution in [0.1, 0.15) is 63.5 Å². The van der Waals surface area contributed by atoms with E-state index in [1.165, 1.54) is 50.5 Å². The zero-order valence-corrected chi connectivity index (χ0v) is 12.6. The average molecular weight is 273 g/mol. The molecular formula is C17H27N3. The SMILES string of the molecule is CCNC(c1cncnc1)C1CCC2CCCCC2C1. The monoisotopic (exact) mass is 273 g/mol. The maximum atomic E-state index is 4.21. The highest BCUT2D eigenvalue weighted by atomic mass is 14.9. The van der Waals surface area contributed by atoms with Crippen molar-refractivity contribution in [3.63, 3.8) is 0 Å². The van der Waals surface area contributed by atoms with E-state index in [0.717, 1.165) is 24.3 Å². The van der Waals surface area contributed by atoms with Crippen LogP contribution in [-0.2, 0) is 0 Å². The summed E-state index contributed by atoms with van der Waals surface area (Å²) in [7, 11) is 0. The van der Waals surface area contributed by atoms with Crippen molar-refractivity contribution >= 4 is 0 Å². The molecule has 1 aromatic heterocycles. The Balaban J connectivity index is 1.72. The average Bonchev–Trinajstić information content (AvgIpc) is 2.53. The van der Waals surface area contributed by atoms with E-state index in [1.807, 2.05) is 12.4 Å². The Labute approximate surface area is 122 Å². The van der Waals surface area contributed by atoms with Crippen molar-refractivity contribution in [2.24, 2.45) is 17.8 Å². The van der Waals surface area contributed by atoms with E-state index < -0.39 is 0 Å². The second kappa shape index (κ2) is 6.66. The quantitative estimate of drug-likeness (QED) is 0.908. The molecule has 0 bridgehead atoms. The fourth-order valence-electron chi connectivity index (χ4n) is 4.46. The summed E-state index contributed by atoms with van der Waals surface area (Å²) in [5, 5.41) is 3.68. The standard InChI is InChI=1S/C17H27N3/c1-2-20-17(16-10-18-12-19-11-16)15-8-7-13-5-3-4-6-14(13)9-15/h10-15,17,20H,2-9H2,1H3. The molecule has 0 spiro atoms. The van der Waals surface area contributed by atoms with Gasteiger partial charge in [-0.1, -0.05) is 32.6 Å². The molecule has 3 nitrogen and oxygen atoms in total. The summed E-state index contributed by atoms with van der Waals surface area (Å²) >= 11 is 0. The van der Waals surface area contributed by atoms with Gasteiger partial charge >= 0.3 is 0 Å². The van der Waals surface area contributed by atoms with Crippen LogP contribution in [0.3, 0.4) is 0 Å². The number of hydrogen-bond acceptors (Lipinski definition) is 3. The summed E-state index contributed by atoms with van der Waals surface area (Å²) in [6.07, 6.45) is 15.7. The van der Waals surface area contributed by atoms with E-state index in [1.54, 1.807) is 6.33 Å². The van der Waals surface area contributed by atoms with E-state index in [0.29, 0.717) is 6.04 Å². The molecule has 3 heteroatoms. The van der Waals surface area contributed by atoms with Gasteiger partial charge in [-0.25, -0.2) is 9.97 Å². The van der Waals surface area contributed by atoms with E-state index in [4.69, 9.17) is 0 Å². The Hall–Kier alpha value is -0.960. The van der Waals surface area contributed by atoms with Crippen molar-refractivity contribution in [1.82, 2.24) is 15.3 Å². The minimum absolute atomic E-state index is 0.448. The molecule has 4 unspecified atom stereocenters. The maximum Gasteiger partial charge on any atom is 0.115 e. The molecule has 2 aliphatic carbocycles. The van der Waals surface area contributed by atoms with Gasteiger partial charge in [-0.05, 0) is 43.6 Å². The zero-order valence-electron chi connectivity index (χ0n) is 12.6. The number of aromatic nitrogens is 2.